The standard InChI is InChI=1S/C16H18FNO/c1-11-9-15(7-8-16(11)19)18-12(2)10-13-3-5-14(17)6-4-13/h3-9,12,18-19H,10H2,1-2H3. The highest BCUT2D eigenvalue weighted by Crippen LogP contribution is 2.21. The van der Waals surface area contributed by atoms with E-state index in [1.165, 1.54) is 12.1 Å². The van der Waals surface area contributed by atoms with Crippen LogP contribution in [0.4, 0.5) is 10.1 Å². The van der Waals surface area contributed by atoms with E-state index in [2.05, 4.69) is 12.2 Å². The number of aromatic hydroxyl groups is 1. The Morgan fingerprint density at radius 3 is 2.47 bits per heavy atom. The average molecular weight is 259 g/mol. The lowest BCUT2D eigenvalue weighted by Gasteiger charge is -2.16. The van der Waals surface area contributed by atoms with Crippen molar-refractivity contribution in [3.05, 3.63) is 59.4 Å². The third kappa shape index (κ3) is 3.71. The van der Waals surface area contributed by atoms with Gasteiger partial charge < -0.3 is 10.4 Å². The minimum absolute atomic E-state index is 0.210. The van der Waals surface area contributed by atoms with Gasteiger partial charge in [-0.1, -0.05) is 12.1 Å². The molecule has 0 amide bonds. The topological polar surface area (TPSA) is 32.3 Å². The van der Waals surface area contributed by atoms with E-state index in [4.69, 9.17) is 0 Å². The molecular formula is C16H18FNO. The second kappa shape index (κ2) is 5.74. The molecule has 2 N–H and O–H groups in total. The third-order valence-corrected chi connectivity index (χ3v) is 3.07. The van der Waals surface area contributed by atoms with E-state index >= 15 is 0 Å². The van der Waals surface area contributed by atoms with Crippen LogP contribution in [-0.2, 0) is 6.42 Å². The van der Waals surface area contributed by atoms with Gasteiger partial charge in [-0.3, -0.25) is 0 Å². The van der Waals surface area contributed by atoms with Crippen molar-refractivity contribution in [3.8, 4) is 5.75 Å². The van der Waals surface area contributed by atoms with Crippen molar-refractivity contribution in [2.24, 2.45) is 0 Å². The van der Waals surface area contributed by atoms with Crippen LogP contribution in [0.15, 0.2) is 42.5 Å². The summed E-state index contributed by atoms with van der Waals surface area (Å²) in [6.45, 7) is 3.94. The monoisotopic (exact) mass is 259 g/mol. The highest BCUT2D eigenvalue weighted by molar-refractivity contribution is 5.50. The first-order valence-corrected chi connectivity index (χ1v) is 6.35. The first kappa shape index (κ1) is 13.4. The maximum atomic E-state index is 12.8. The smallest absolute Gasteiger partial charge is 0.123 e. The molecule has 0 saturated heterocycles. The quantitative estimate of drug-likeness (QED) is 0.817. The Balaban J connectivity index is 1.98. The van der Waals surface area contributed by atoms with E-state index in [1.54, 1.807) is 18.2 Å². The van der Waals surface area contributed by atoms with E-state index in [0.717, 1.165) is 23.2 Å². The summed E-state index contributed by atoms with van der Waals surface area (Å²) in [5.74, 6) is 0.0928. The SMILES string of the molecule is Cc1cc(NC(C)Cc2ccc(F)cc2)ccc1O. The molecule has 2 aromatic carbocycles. The molecule has 2 rings (SSSR count). The summed E-state index contributed by atoms with van der Waals surface area (Å²) in [6.07, 6.45) is 0.820. The molecule has 3 heteroatoms. The van der Waals surface area contributed by atoms with E-state index in [0.29, 0.717) is 5.75 Å². The van der Waals surface area contributed by atoms with Gasteiger partial charge in [0.25, 0.3) is 0 Å². The summed E-state index contributed by atoms with van der Waals surface area (Å²) in [5.41, 5.74) is 2.92. The van der Waals surface area contributed by atoms with Crippen molar-refractivity contribution >= 4 is 5.69 Å². The van der Waals surface area contributed by atoms with Gasteiger partial charge in [0.2, 0.25) is 0 Å². The van der Waals surface area contributed by atoms with Gasteiger partial charge in [0.1, 0.15) is 11.6 Å². The number of hydrogen-bond donors (Lipinski definition) is 2. The van der Waals surface area contributed by atoms with Crippen LogP contribution in [0.1, 0.15) is 18.1 Å². The number of rotatable bonds is 4. The molecule has 2 aromatic rings. The van der Waals surface area contributed by atoms with Crippen molar-refractivity contribution in [1.29, 1.82) is 0 Å². The maximum absolute atomic E-state index is 12.8. The highest BCUT2D eigenvalue weighted by Gasteiger charge is 2.05. The summed E-state index contributed by atoms with van der Waals surface area (Å²) < 4.78 is 12.8. The zero-order valence-corrected chi connectivity index (χ0v) is 11.2. The average Bonchev–Trinajstić information content (AvgIpc) is 2.37. The van der Waals surface area contributed by atoms with Crippen LogP contribution in [0, 0.1) is 12.7 Å². The molecule has 2 nitrogen and oxygen atoms in total. The van der Waals surface area contributed by atoms with Gasteiger partial charge in [-0.05, 0) is 61.7 Å². The summed E-state index contributed by atoms with van der Waals surface area (Å²) in [5, 5.41) is 12.8. The fraction of sp³-hybridized carbons (Fsp3) is 0.250. The van der Waals surface area contributed by atoms with Gasteiger partial charge >= 0.3 is 0 Å². The van der Waals surface area contributed by atoms with Gasteiger partial charge in [0, 0.05) is 11.7 Å². The van der Waals surface area contributed by atoms with Crippen LogP contribution >= 0.6 is 0 Å². The number of nitrogens with one attached hydrogen (secondary N) is 1. The summed E-state index contributed by atoms with van der Waals surface area (Å²) in [6, 6.07) is 12.2. The number of anilines is 1. The van der Waals surface area contributed by atoms with E-state index < -0.39 is 0 Å². The third-order valence-electron chi connectivity index (χ3n) is 3.07. The van der Waals surface area contributed by atoms with Crippen LogP contribution in [0.2, 0.25) is 0 Å². The van der Waals surface area contributed by atoms with E-state index in [1.807, 2.05) is 19.1 Å². The second-order valence-electron chi connectivity index (χ2n) is 4.88. The van der Waals surface area contributed by atoms with Gasteiger partial charge in [-0.2, -0.15) is 0 Å². The predicted octanol–water partition coefficient (Wildman–Crippen LogP) is 3.88. The van der Waals surface area contributed by atoms with Crippen molar-refractivity contribution in [1.82, 2.24) is 0 Å². The molecule has 0 bridgehead atoms. The van der Waals surface area contributed by atoms with E-state index in [-0.39, 0.29) is 11.9 Å². The molecule has 100 valence electrons. The van der Waals surface area contributed by atoms with Crippen LogP contribution in [0.25, 0.3) is 0 Å². The van der Waals surface area contributed by atoms with Crippen molar-refractivity contribution in [2.45, 2.75) is 26.3 Å². The second-order valence-corrected chi connectivity index (χ2v) is 4.88. The molecule has 0 saturated carbocycles. The fourth-order valence-electron chi connectivity index (χ4n) is 2.05. The molecule has 0 aliphatic carbocycles. The number of phenols is 1. The Morgan fingerprint density at radius 1 is 1.16 bits per heavy atom. The zero-order chi connectivity index (χ0) is 13.8. The van der Waals surface area contributed by atoms with Crippen LogP contribution < -0.4 is 5.32 Å². The Morgan fingerprint density at radius 2 is 1.84 bits per heavy atom. The lowest BCUT2D eigenvalue weighted by atomic mass is 10.1. The van der Waals surface area contributed by atoms with E-state index in [9.17, 15) is 9.50 Å². The zero-order valence-electron chi connectivity index (χ0n) is 11.2. The minimum atomic E-state index is -0.210. The number of phenolic OH excluding ortho intramolecular Hbond substituents is 1. The van der Waals surface area contributed by atoms with Gasteiger partial charge in [0.05, 0.1) is 0 Å². The minimum Gasteiger partial charge on any atom is -0.508 e. The Hall–Kier alpha value is -2.03. The summed E-state index contributed by atoms with van der Waals surface area (Å²) in [7, 11) is 0. The predicted molar refractivity (Wildman–Crippen MR) is 76.0 cm³/mol. The molecule has 0 fully saturated rings. The lowest BCUT2D eigenvalue weighted by Crippen LogP contribution is -2.18. The van der Waals surface area contributed by atoms with Crippen LogP contribution in [0.5, 0.6) is 5.75 Å². The largest absolute Gasteiger partial charge is 0.508 e. The van der Waals surface area contributed by atoms with Crippen LogP contribution in [-0.4, -0.2) is 11.1 Å². The molecular weight excluding hydrogens is 241 g/mol. The molecule has 1 atom stereocenters. The van der Waals surface area contributed by atoms with Gasteiger partial charge in [0.15, 0.2) is 0 Å². The molecule has 1 unspecified atom stereocenters. The number of benzene rings is 2. The Labute approximate surface area is 112 Å². The molecule has 0 radical (unpaired) electrons. The number of aryl methyl sites for hydroxylation is 1. The molecule has 0 aromatic heterocycles. The first-order chi connectivity index (χ1) is 9.04. The highest BCUT2D eigenvalue weighted by atomic mass is 19.1. The van der Waals surface area contributed by atoms with Crippen molar-refractivity contribution in [3.63, 3.8) is 0 Å². The normalized spacial score (nSPS) is 12.2. The van der Waals surface area contributed by atoms with Crippen LogP contribution in [0.3, 0.4) is 0 Å². The van der Waals surface area contributed by atoms with Crippen molar-refractivity contribution < 1.29 is 9.50 Å². The lowest BCUT2D eigenvalue weighted by molar-refractivity contribution is 0.471. The molecule has 0 heterocycles. The maximum Gasteiger partial charge on any atom is 0.123 e. The molecule has 19 heavy (non-hydrogen) atoms. The first-order valence-electron chi connectivity index (χ1n) is 6.35. The van der Waals surface area contributed by atoms with Gasteiger partial charge in [-0.15, -0.1) is 0 Å². The molecule has 0 spiro atoms. The number of hydrogen-bond acceptors (Lipinski definition) is 2. The summed E-state index contributed by atoms with van der Waals surface area (Å²) in [4.78, 5) is 0. The molecule has 0 aliphatic rings. The van der Waals surface area contributed by atoms with Gasteiger partial charge in [-0.25, -0.2) is 4.39 Å². The summed E-state index contributed by atoms with van der Waals surface area (Å²) >= 11 is 0. The Kier molecular flexibility index (Phi) is 4.05. The molecule has 0 aliphatic heterocycles. The Bertz CT molecular complexity index is 551. The van der Waals surface area contributed by atoms with Crippen molar-refractivity contribution in [2.75, 3.05) is 5.32 Å². The fourth-order valence-corrected chi connectivity index (χ4v) is 2.05. The number of halogens is 1.